The van der Waals surface area contributed by atoms with Gasteiger partial charge in [-0.1, -0.05) is 6.07 Å². The molecule has 0 atom stereocenters. The molecule has 5 heteroatoms. The molecule has 0 spiro atoms. The minimum atomic E-state index is -0.972. The Kier molecular flexibility index (Phi) is 2.68. The Morgan fingerprint density at radius 3 is 2.80 bits per heavy atom. The molecule has 0 aliphatic carbocycles. The van der Waals surface area contributed by atoms with Crippen LogP contribution in [0.3, 0.4) is 0 Å². The highest BCUT2D eigenvalue weighted by molar-refractivity contribution is 6.16. The van der Waals surface area contributed by atoms with Gasteiger partial charge in [0, 0.05) is 0 Å². The van der Waals surface area contributed by atoms with E-state index in [1.54, 1.807) is 0 Å². The number of benzene rings is 1. The zero-order valence-corrected chi connectivity index (χ0v) is 8.26. The molecule has 1 aromatic heterocycles. The maximum atomic E-state index is 13.3. The van der Waals surface area contributed by atoms with E-state index in [0.717, 1.165) is 6.07 Å². The average Bonchev–Trinajstić information content (AvgIpc) is 2.70. The molecular weight excluding hydrogens is 224 g/mol. The lowest BCUT2D eigenvalue weighted by molar-refractivity contribution is 0.497. The molecule has 0 saturated carbocycles. The van der Waals surface area contributed by atoms with Crippen molar-refractivity contribution in [1.82, 2.24) is 4.98 Å². The molecule has 0 N–H and O–H groups in total. The lowest BCUT2D eigenvalue weighted by Crippen LogP contribution is -1.88. The van der Waals surface area contributed by atoms with Crippen molar-refractivity contribution in [3.8, 4) is 11.5 Å². The molecule has 0 radical (unpaired) electrons. The Labute approximate surface area is 89.5 Å². The smallest absolute Gasteiger partial charge is 0.229 e. The van der Waals surface area contributed by atoms with E-state index in [0.29, 0.717) is 5.76 Å². The summed E-state index contributed by atoms with van der Waals surface area (Å²) in [6, 6.07) is 3.81. The van der Waals surface area contributed by atoms with E-state index in [1.165, 1.54) is 18.3 Å². The maximum Gasteiger partial charge on any atom is 0.229 e. The minimum Gasteiger partial charge on any atom is -0.440 e. The molecule has 0 aliphatic heterocycles. The number of hydrogen-bond donors (Lipinski definition) is 0. The molecule has 15 heavy (non-hydrogen) atoms. The van der Waals surface area contributed by atoms with Crippen LogP contribution >= 0.6 is 11.6 Å². The van der Waals surface area contributed by atoms with E-state index < -0.39 is 11.6 Å². The van der Waals surface area contributed by atoms with E-state index in [2.05, 4.69) is 4.98 Å². The number of hydrogen-bond acceptors (Lipinski definition) is 2. The zero-order chi connectivity index (χ0) is 10.8. The maximum absolute atomic E-state index is 13.3. The van der Waals surface area contributed by atoms with Gasteiger partial charge in [0.25, 0.3) is 0 Å². The van der Waals surface area contributed by atoms with Gasteiger partial charge in [0.2, 0.25) is 5.89 Å². The van der Waals surface area contributed by atoms with Crippen molar-refractivity contribution >= 4 is 11.6 Å². The largest absolute Gasteiger partial charge is 0.440 e. The predicted molar refractivity (Wildman–Crippen MR) is 51.4 cm³/mol. The molecule has 78 valence electrons. The first-order chi connectivity index (χ1) is 7.22. The van der Waals surface area contributed by atoms with E-state index >= 15 is 0 Å². The summed E-state index contributed by atoms with van der Waals surface area (Å²) in [4.78, 5) is 3.80. The van der Waals surface area contributed by atoms with Gasteiger partial charge in [-0.3, -0.25) is 0 Å². The highest BCUT2D eigenvalue weighted by atomic mass is 35.5. The van der Waals surface area contributed by atoms with Crippen LogP contribution in [0.15, 0.2) is 28.8 Å². The van der Waals surface area contributed by atoms with Gasteiger partial charge in [-0.25, -0.2) is 13.8 Å². The van der Waals surface area contributed by atoms with Crippen LogP contribution in [0.2, 0.25) is 0 Å². The van der Waals surface area contributed by atoms with Gasteiger partial charge in [-0.05, 0) is 12.1 Å². The van der Waals surface area contributed by atoms with Gasteiger partial charge >= 0.3 is 0 Å². The first-order valence-electron chi connectivity index (χ1n) is 4.17. The second kappa shape index (κ2) is 3.98. The fourth-order valence-electron chi connectivity index (χ4n) is 1.16. The number of alkyl halides is 1. The molecule has 0 amide bonds. The van der Waals surface area contributed by atoms with Gasteiger partial charge in [-0.15, -0.1) is 11.6 Å². The van der Waals surface area contributed by atoms with Crippen LogP contribution in [-0.4, -0.2) is 4.98 Å². The summed E-state index contributed by atoms with van der Waals surface area (Å²) in [5.74, 6) is -1.32. The second-order valence-electron chi connectivity index (χ2n) is 2.87. The molecule has 0 unspecified atom stereocenters. The van der Waals surface area contributed by atoms with Gasteiger partial charge in [-0.2, -0.15) is 0 Å². The van der Waals surface area contributed by atoms with Crippen molar-refractivity contribution in [3.05, 3.63) is 41.8 Å². The standard InChI is InChI=1S/C10H6ClF2NO/c11-4-6-5-14-10(15-6)7-2-1-3-8(12)9(7)13/h1-3,5H,4H2. The Bertz CT molecular complexity index is 484. The van der Waals surface area contributed by atoms with E-state index in [9.17, 15) is 8.78 Å². The topological polar surface area (TPSA) is 26.0 Å². The van der Waals surface area contributed by atoms with Crippen molar-refractivity contribution in [2.75, 3.05) is 0 Å². The lowest BCUT2D eigenvalue weighted by atomic mass is 10.2. The van der Waals surface area contributed by atoms with Crippen LogP contribution in [-0.2, 0) is 5.88 Å². The fourth-order valence-corrected chi connectivity index (χ4v) is 1.29. The van der Waals surface area contributed by atoms with E-state index in [4.69, 9.17) is 16.0 Å². The zero-order valence-electron chi connectivity index (χ0n) is 7.51. The van der Waals surface area contributed by atoms with Crippen LogP contribution in [0.25, 0.3) is 11.5 Å². The second-order valence-corrected chi connectivity index (χ2v) is 3.13. The third-order valence-corrected chi connectivity index (χ3v) is 2.13. The third kappa shape index (κ3) is 1.85. The summed E-state index contributed by atoms with van der Waals surface area (Å²) in [6.07, 6.45) is 1.38. The fraction of sp³-hybridized carbons (Fsp3) is 0.100. The predicted octanol–water partition coefficient (Wildman–Crippen LogP) is 3.36. The van der Waals surface area contributed by atoms with Crippen molar-refractivity contribution in [2.24, 2.45) is 0 Å². The number of aromatic nitrogens is 1. The van der Waals surface area contributed by atoms with Gasteiger partial charge < -0.3 is 4.42 Å². The third-order valence-electron chi connectivity index (χ3n) is 1.87. The molecule has 2 nitrogen and oxygen atoms in total. The van der Waals surface area contributed by atoms with Gasteiger partial charge in [0.15, 0.2) is 11.6 Å². The van der Waals surface area contributed by atoms with Crippen LogP contribution in [0.1, 0.15) is 5.76 Å². The Hall–Kier alpha value is -1.42. The summed E-state index contributed by atoms with van der Waals surface area (Å²) in [6.45, 7) is 0. The number of nitrogens with zero attached hydrogens (tertiary/aromatic N) is 1. The SMILES string of the molecule is Fc1cccc(-c2ncc(CCl)o2)c1F. The van der Waals surface area contributed by atoms with Gasteiger partial charge in [0.1, 0.15) is 5.76 Å². The molecule has 1 heterocycles. The highest BCUT2D eigenvalue weighted by Gasteiger charge is 2.14. The summed E-state index contributed by atoms with van der Waals surface area (Å²) < 4.78 is 31.3. The normalized spacial score (nSPS) is 10.6. The summed E-state index contributed by atoms with van der Waals surface area (Å²) >= 11 is 5.50. The van der Waals surface area contributed by atoms with E-state index in [-0.39, 0.29) is 17.3 Å². The number of rotatable bonds is 2. The quantitative estimate of drug-likeness (QED) is 0.738. The molecule has 0 fully saturated rings. The van der Waals surface area contributed by atoms with Crippen LogP contribution in [0.5, 0.6) is 0 Å². The van der Waals surface area contributed by atoms with Crippen molar-refractivity contribution < 1.29 is 13.2 Å². The lowest BCUT2D eigenvalue weighted by Gasteiger charge is -1.98. The van der Waals surface area contributed by atoms with Crippen molar-refractivity contribution in [2.45, 2.75) is 5.88 Å². The monoisotopic (exact) mass is 229 g/mol. The average molecular weight is 230 g/mol. The van der Waals surface area contributed by atoms with Gasteiger partial charge in [0.05, 0.1) is 17.6 Å². The first-order valence-corrected chi connectivity index (χ1v) is 4.71. The van der Waals surface area contributed by atoms with Crippen molar-refractivity contribution in [3.63, 3.8) is 0 Å². The summed E-state index contributed by atoms with van der Waals surface area (Å²) in [5, 5.41) is 0. The molecule has 2 aromatic rings. The molecule has 1 aromatic carbocycles. The summed E-state index contributed by atoms with van der Waals surface area (Å²) in [5.41, 5.74) is -0.00799. The molecule has 2 rings (SSSR count). The first kappa shape index (κ1) is 10.1. The van der Waals surface area contributed by atoms with Crippen LogP contribution in [0.4, 0.5) is 8.78 Å². The highest BCUT2D eigenvalue weighted by Crippen LogP contribution is 2.24. The Balaban J connectivity index is 2.49. The van der Waals surface area contributed by atoms with Crippen LogP contribution < -0.4 is 0 Å². The van der Waals surface area contributed by atoms with Crippen molar-refractivity contribution in [1.29, 1.82) is 0 Å². The summed E-state index contributed by atoms with van der Waals surface area (Å²) in [7, 11) is 0. The molecular formula is C10H6ClF2NO. The number of halogens is 3. The Morgan fingerprint density at radius 1 is 1.33 bits per heavy atom. The number of oxazole rings is 1. The van der Waals surface area contributed by atoms with Crippen LogP contribution in [0, 0.1) is 11.6 Å². The molecule has 0 aliphatic rings. The van der Waals surface area contributed by atoms with E-state index in [1.807, 2.05) is 0 Å². The minimum absolute atomic E-state index is 0.00799. The molecule has 0 saturated heterocycles. The Morgan fingerprint density at radius 2 is 2.13 bits per heavy atom. The molecule has 0 bridgehead atoms.